The fourth-order valence-corrected chi connectivity index (χ4v) is 1.67. The zero-order chi connectivity index (χ0) is 14.0. The van der Waals surface area contributed by atoms with Crippen LogP contribution in [0.2, 0.25) is 0 Å². The molecule has 0 aliphatic carbocycles. The van der Waals surface area contributed by atoms with E-state index in [1.807, 2.05) is 0 Å². The van der Waals surface area contributed by atoms with Gasteiger partial charge < -0.3 is 9.15 Å². The molecule has 0 aliphatic rings. The van der Waals surface area contributed by atoms with Gasteiger partial charge in [0.1, 0.15) is 11.5 Å². The van der Waals surface area contributed by atoms with E-state index < -0.39 is 12.4 Å². The molecule has 0 N–H and O–H groups in total. The van der Waals surface area contributed by atoms with E-state index in [9.17, 15) is 13.6 Å². The highest BCUT2D eigenvalue weighted by molar-refractivity contribution is 6.09. The molecule has 1 heterocycles. The number of benzene rings is 1. The Balaban J connectivity index is 2.38. The maximum atomic E-state index is 12.3. The summed E-state index contributed by atoms with van der Waals surface area (Å²) in [6.45, 7) is 0.555. The van der Waals surface area contributed by atoms with Crippen LogP contribution >= 0.6 is 0 Å². The maximum absolute atomic E-state index is 12.3. The summed E-state index contributed by atoms with van der Waals surface area (Å²) < 4.78 is 34.2. The van der Waals surface area contributed by atoms with E-state index in [1.165, 1.54) is 18.2 Å². The highest BCUT2D eigenvalue weighted by Gasteiger charge is 2.20. The molecule has 0 fully saturated rings. The number of halogens is 2. The van der Waals surface area contributed by atoms with Crippen LogP contribution < -0.4 is 4.74 Å². The van der Waals surface area contributed by atoms with Crippen LogP contribution in [0.5, 0.6) is 5.75 Å². The van der Waals surface area contributed by atoms with Crippen LogP contribution in [-0.2, 0) is 0 Å². The molecule has 100 valence electrons. The topological polar surface area (TPSA) is 39.4 Å². The predicted octanol–water partition coefficient (Wildman–Crippen LogP) is 3.73. The second-order valence-electron chi connectivity index (χ2n) is 4.05. The summed E-state index contributed by atoms with van der Waals surface area (Å²) >= 11 is 0. The Morgan fingerprint density at radius 2 is 1.95 bits per heavy atom. The summed E-state index contributed by atoms with van der Waals surface area (Å²) in [6, 6.07) is 7.42. The molecule has 2 rings (SSSR count). The lowest BCUT2D eigenvalue weighted by Crippen LogP contribution is -2.08. The molecule has 0 spiro atoms. The van der Waals surface area contributed by atoms with Gasteiger partial charge in [-0.25, -0.2) is 0 Å². The van der Waals surface area contributed by atoms with Gasteiger partial charge in [-0.3, -0.25) is 4.79 Å². The number of rotatable bonds is 4. The van der Waals surface area contributed by atoms with E-state index in [0.29, 0.717) is 5.76 Å². The molecule has 0 aliphatic heterocycles. The molecule has 19 heavy (non-hydrogen) atoms. The van der Waals surface area contributed by atoms with E-state index in [-0.39, 0.29) is 17.1 Å². The highest BCUT2D eigenvalue weighted by Crippen LogP contribution is 2.25. The van der Waals surface area contributed by atoms with Crippen LogP contribution in [0.25, 0.3) is 0 Å². The molecule has 0 saturated carbocycles. The number of hydrogen-bond acceptors (Lipinski definition) is 3. The van der Waals surface area contributed by atoms with Gasteiger partial charge in [0.15, 0.2) is 5.76 Å². The molecule has 2 aromatic rings. The number of carbonyl (C=O) groups is 1. The molecule has 5 heteroatoms. The van der Waals surface area contributed by atoms with Crippen molar-refractivity contribution in [3.05, 3.63) is 53.0 Å². The molecule has 0 amide bonds. The second kappa shape index (κ2) is 5.22. The van der Waals surface area contributed by atoms with Crippen LogP contribution in [-0.4, -0.2) is 12.4 Å². The van der Waals surface area contributed by atoms with Crippen molar-refractivity contribution in [2.45, 2.75) is 20.5 Å². The number of aryl methyl sites for hydroxylation is 2. The first-order valence-electron chi connectivity index (χ1n) is 5.64. The first-order valence-corrected chi connectivity index (χ1v) is 5.64. The van der Waals surface area contributed by atoms with E-state index in [2.05, 4.69) is 4.74 Å². The highest BCUT2D eigenvalue weighted by atomic mass is 19.3. The van der Waals surface area contributed by atoms with Crippen LogP contribution in [0, 0.1) is 13.8 Å². The fourth-order valence-electron chi connectivity index (χ4n) is 1.67. The van der Waals surface area contributed by atoms with Crippen molar-refractivity contribution in [2.24, 2.45) is 0 Å². The Bertz CT molecular complexity index is 583. The average molecular weight is 266 g/mol. The predicted molar refractivity (Wildman–Crippen MR) is 64.7 cm³/mol. The van der Waals surface area contributed by atoms with Crippen molar-refractivity contribution >= 4 is 5.78 Å². The normalized spacial score (nSPS) is 10.8. The number of alkyl halides is 2. The Morgan fingerprint density at radius 3 is 2.53 bits per heavy atom. The van der Waals surface area contributed by atoms with Gasteiger partial charge in [0.25, 0.3) is 0 Å². The molecule has 0 radical (unpaired) electrons. The number of ketones is 1. The monoisotopic (exact) mass is 266 g/mol. The first kappa shape index (κ1) is 13.3. The van der Waals surface area contributed by atoms with Gasteiger partial charge in [0.05, 0.1) is 5.56 Å². The van der Waals surface area contributed by atoms with Gasteiger partial charge in [-0.15, -0.1) is 0 Å². The van der Waals surface area contributed by atoms with Crippen LogP contribution in [0.4, 0.5) is 8.78 Å². The molecule has 0 bridgehead atoms. The minimum Gasteiger partial charge on any atom is -0.458 e. The minimum atomic E-state index is -2.98. The van der Waals surface area contributed by atoms with Crippen molar-refractivity contribution in [3.8, 4) is 5.75 Å². The number of para-hydroxylation sites is 1. The zero-order valence-corrected chi connectivity index (χ0v) is 10.4. The molecule has 1 aromatic carbocycles. The van der Waals surface area contributed by atoms with Crippen LogP contribution in [0.3, 0.4) is 0 Å². The number of ether oxygens (including phenoxy) is 1. The molecule has 0 unspecified atom stereocenters. The maximum Gasteiger partial charge on any atom is 0.387 e. The minimum absolute atomic E-state index is 0.0524. The van der Waals surface area contributed by atoms with Crippen molar-refractivity contribution in [1.82, 2.24) is 0 Å². The zero-order valence-electron chi connectivity index (χ0n) is 10.4. The quantitative estimate of drug-likeness (QED) is 0.791. The van der Waals surface area contributed by atoms with E-state index >= 15 is 0 Å². The molecule has 0 atom stereocenters. The largest absolute Gasteiger partial charge is 0.458 e. The Labute approximate surface area is 108 Å². The SMILES string of the molecule is Cc1cc(C(=O)c2ccccc2OC(F)F)oc1C. The third-order valence-electron chi connectivity index (χ3n) is 2.74. The lowest BCUT2D eigenvalue weighted by molar-refractivity contribution is -0.0501. The lowest BCUT2D eigenvalue weighted by Gasteiger charge is -2.08. The fraction of sp³-hybridized carbons (Fsp3) is 0.214. The molecular formula is C14H12F2O3. The van der Waals surface area contributed by atoms with Gasteiger partial charge in [0.2, 0.25) is 5.78 Å². The van der Waals surface area contributed by atoms with E-state index in [1.54, 1.807) is 26.0 Å². The molecule has 0 saturated heterocycles. The molecule has 3 nitrogen and oxygen atoms in total. The lowest BCUT2D eigenvalue weighted by atomic mass is 10.1. The Morgan fingerprint density at radius 1 is 1.26 bits per heavy atom. The standard InChI is InChI=1S/C14H12F2O3/c1-8-7-12(18-9(8)2)13(17)10-5-3-4-6-11(10)19-14(15)16/h3-7,14H,1-2H3. The van der Waals surface area contributed by atoms with Gasteiger partial charge in [-0.05, 0) is 37.6 Å². The van der Waals surface area contributed by atoms with E-state index in [4.69, 9.17) is 4.42 Å². The number of carbonyl (C=O) groups excluding carboxylic acids is 1. The Hall–Kier alpha value is -2.17. The summed E-state index contributed by atoms with van der Waals surface area (Å²) in [5.74, 6) is 0.0950. The van der Waals surface area contributed by atoms with Crippen molar-refractivity contribution in [2.75, 3.05) is 0 Å². The smallest absolute Gasteiger partial charge is 0.387 e. The molecule has 1 aromatic heterocycles. The average Bonchev–Trinajstić information content (AvgIpc) is 2.69. The van der Waals surface area contributed by atoms with Crippen molar-refractivity contribution < 1.29 is 22.7 Å². The summed E-state index contributed by atoms with van der Waals surface area (Å²) in [7, 11) is 0. The van der Waals surface area contributed by atoms with Crippen LogP contribution in [0.1, 0.15) is 27.4 Å². The van der Waals surface area contributed by atoms with Gasteiger partial charge in [0, 0.05) is 0 Å². The van der Waals surface area contributed by atoms with Gasteiger partial charge in [-0.1, -0.05) is 12.1 Å². The first-order chi connectivity index (χ1) is 8.99. The summed E-state index contributed by atoms with van der Waals surface area (Å²) in [6.07, 6.45) is 0. The van der Waals surface area contributed by atoms with Crippen molar-refractivity contribution in [3.63, 3.8) is 0 Å². The molecular weight excluding hydrogens is 254 g/mol. The third kappa shape index (κ3) is 2.81. The number of furan rings is 1. The second-order valence-corrected chi connectivity index (χ2v) is 4.05. The summed E-state index contributed by atoms with van der Waals surface area (Å²) in [5.41, 5.74) is 0.882. The summed E-state index contributed by atoms with van der Waals surface area (Å²) in [4.78, 5) is 12.2. The van der Waals surface area contributed by atoms with E-state index in [0.717, 1.165) is 5.56 Å². The summed E-state index contributed by atoms with van der Waals surface area (Å²) in [5, 5.41) is 0. The third-order valence-corrected chi connectivity index (χ3v) is 2.74. The Kier molecular flexibility index (Phi) is 3.64. The van der Waals surface area contributed by atoms with Gasteiger partial charge >= 0.3 is 6.61 Å². The number of hydrogen-bond donors (Lipinski definition) is 0. The van der Waals surface area contributed by atoms with Crippen LogP contribution in [0.15, 0.2) is 34.7 Å². The van der Waals surface area contributed by atoms with Gasteiger partial charge in [-0.2, -0.15) is 8.78 Å². The van der Waals surface area contributed by atoms with Crippen molar-refractivity contribution in [1.29, 1.82) is 0 Å².